The summed E-state index contributed by atoms with van der Waals surface area (Å²) >= 11 is 0. The van der Waals surface area contributed by atoms with Crippen LogP contribution in [0.3, 0.4) is 0 Å². The fourth-order valence-electron chi connectivity index (χ4n) is 4.64. The number of benzene rings is 4. The van der Waals surface area contributed by atoms with Crippen molar-refractivity contribution in [3.05, 3.63) is 72.8 Å². The third-order valence-electron chi connectivity index (χ3n) is 6.81. The van der Waals surface area contributed by atoms with E-state index in [1.165, 1.54) is 0 Å². The molecule has 44 heavy (non-hydrogen) atoms. The summed E-state index contributed by atoms with van der Waals surface area (Å²) in [6.45, 7) is 7.84. The molecule has 0 aliphatic carbocycles. The Morgan fingerprint density at radius 2 is 0.841 bits per heavy atom. The fourth-order valence-corrected chi connectivity index (χ4v) is 4.64. The van der Waals surface area contributed by atoms with Gasteiger partial charge in [0, 0.05) is 10.8 Å². The summed E-state index contributed by atoms with van der Waals surface area (Å²) in [5.74, 6) is 0.892. The molecule has 10 heteroatoms. The number of fused-ring (bicyclic) bond motifs is 8. The first-order valence-corrected chi connectivity index (χ1v) is 14.6. The van der Waals surface area contributed by atoms with Crippen molar-refractivity contribution in [2.75, 3.05) is 79.3 Å². The van der Waals surface area contributed by atoms with Gasteiger partial charge in [0.25, 0.3) is 0 Å². The van der Waals surface area contributed by atoms with Crippen molar-refractivity contribution in [1.29, 1.82) is 0 Å². The lowest BCUT2D eigenvalue weighted by molar-refractivity contribution is -0.00710. The van der Waals surface area contributed by atoms with Crippen molar-refractivity contribution in [2.45, 2.75) is 0 Å². The zero-order valence-corrected chi connectivity index (χ0v) is 24.6. The summed E-state index contributed by atoms with van der Waals surface area (Å²) in [5, 5.41) is 25.3. The minimum Gasteiger partial charge on any atom is -0.502 e. The molecule has 0 saturated carbocycles. The van der Waals surface area contributed by atoms with Gasteiger partial charge in [-0.3, -0.25) is 0 Å². The second kappa shape index (κ2) is 16.0. The Kier molecular flexibility index (Phi) is 11.4. The number of ether oxygens (including phenoxy) is 8. The number of aromatic hydroxyl groups is 2. The summed E-state index contributed by atoms with van der Waals surface area (Å²) in [4.78, 5) is 0. The predicted octanol–water partition coefficient (Wildman–Crippen LogP) is 5.26. The molecular weight excluding hydrogens is 568 g/mol. The van der Waals surface area contributed by atoms with Crippen molar-refractivity contribution in [3.8, 4) is 34.5 Å². The van der Waals surface area contributed by atoms with Gasteiger partial charge in [0.15, 0.2) is 23.0 Å². The summed E-state index contributed by atoms with van der Waals surface area (Å²) in [7, 11) is 0. The van der Waals surface area contributed by atoms with E-state index in [4.69, 9.17) is 37.9 Å². The molecule has 10 nitrogen and oxygen atoms in total. The minimum atomic E-state index is -0.115. The van der Waals surface area contributed by atoms with E-state index in [9.17, 15) is 10.2 Å². The molecule has 4 aromatic carbocycles. The Hall–Kier alpha value is -4.22. The van der Waals surface area contributed by atoms with Crippen LogP contribution in [-0.4, -0.2) is 89.5 Å². The molecule has 0 spiro atoms. The normalized spacial score (nSPS) is 17.0. The maximum Gasteiger partial charge on any atom is 0.201 e. The van der Waals surface area contributed by atoms with Crippen molar-refractivity contribution >= 4 is 21.5 Å². The van der Waals surface area contributed by atoms with Crippen LogP contribution in [0.1, 0.15) is 0 Å². The maximum absolute atomic E-state index is 11.1. The maximum atomic E-state index is 11.1. The average Bonchev–Trinajstić information content (AvgIpc) is 3.03. The summed E-state index contributed by atoms with van der Waals surface area (Å²) < 4.78 is 46.1. The number of hydrogen-bond acceptors (Lipinski definition) is 10. The van der Waals surface area contributed by atoms with Gasteiger partial charge in [0.2, 0.25) is 11.5 Å². The van der Waals surface area contributed by atoms with Gasteiger partial charge in [-0.15, -0.1) is 0 Å². The topological polar surface area (TPSA) is 114 Å². The Balaban J connectivity index is 1.33. The minimum absolute atomic E-state index is 0.0556. The number of phenolic OH excluding ortho intramolecular Hbond substituents is 2. The van der Waals surface area contributed by atoms with Gasteiger partial charge in [-0.2, -0.15) is 0 Å². The fraction of sp³-hybridized carbons (Fsp3) is 0.353. The lowest BCUT2D eigenvalue weighted by atomic mass is 10.1. The van der Waals surface area contributed by atoms with E-state index in [1.54, 1.807) is 12.1 Å². The first-order valence-electron chi connectivity index (χ1n) is 14.6. The molecule has 4 aromatic rings. The Bertz CT molecular complexity index is 1420. The molecule has 4 bridgehead atoms. The standard InChI is InChI=1S/C34H38O10/c1-24-22-43-33-27-8-4-2-6-25(27)20-29(31(33)35)41-18-16-39-14-12-37-10-11-38-13-15-40-17-19-42-30-21-26-7-3-5-9-28(26)34(32(30)36)44-23-24/h2-9,20-21,35-36H,1,10-19,22-23H2. The second-order valence-electron chi connectivity index (χ2n) is 10.0. The van der Waals surface area contributed by atoms with Gasteiger partial charge >= 0.3 is 0 Å². The van der Waals surface area contributed by atoms with E-state index >= 15 is 0 Å². The molecule has 0 aromatic heterocycles. The lowest BCUT2D eigenvalue weighted by Gasteiger charge is -2.18. The van der Waals surface area contributed by atoms with Crippen molar-refractivity contribution in [1.82, 2.24) is 0 Å². The van der Waals surface area contributed by atoms with E-state index in [0.29, 0.717) is 58.4 Å². The molecule has 0 amide bonds. The SMILES string of the molecule is C=C1COc2c(O)c(cc3ccccc23)OCCOCCOCCOCCOCCOc2cc3ccccc3c(c2O)OC1. The highest BCUT2D eigenvalue weighted by atomic mass is 16.6. The number of rotatable bonds is 0. The van der Waals surface area contributed by atoms with Crippen LogP contribution >= 0.6 is 0 Å². The van der Waals surface area contributed by atoms with E-state index < -0.39 is 0 Å². The zero-order valence-electron chi connectivity index (χ0n) is 24.6. The largest absolute Gasteiger partial charge is 0.502 e. The molecular formula is C34H38O10. The van der Waals surface area contributed by atoms with Crippen LogP contribution in [-0.2, 0) is 18.9 Å². The van der Waals surface area contributed by atoms with Gasteiger partial charge in [0.05, 0.1) is 52.9 Å². The molecule has 2 N–H and O–H groups in total. The quantitative estimate of drug-likeness (QED) is 0.257. The smallest absolute Gasteiger partial charge is 0.201 e. The third-order valence-corrected chi connectivity index (χ3v) is 6.81. The molecule has 0 saturated heterocycles. The van der Waals surface area contributed by atoms with E-state index in [0.717, 1.165) is 21.5 Å². The molecule has 0 atom stereocenters. The Morgan fingerprint density at radius 3 is 1.25 bits per heavy atom. The number of phenols is 2. The highest BCUT2D eigenvalue weighted by Crippen LogP contribution is 2.44. The molecule has 5 rings (SSSR count). The lowest BCUT2D eigenvalue weighted by Crippen LogP contribution is -2.14. The summed E-state index contributed by atoms with van der Waals surface area (Å²) in [5.41, 5.74) is 0.582. The van der Waals surface area contributed by atoms with Crippen LogP contribution in [0.15, 0.2) is 72.8 Å². The Morgan fingerprint density at radius 1 is 0.477 bits per heavy atom. The van der Waals surface area contributed by atoms with Crippen molar-refractivity contribution in [3.63, 3.8) is 0 Å². The molecule has 234 valence electrons. The van der Waals surface area contributed by atoms with E-state index in [1.807, 2.05) is 48.5 Å². The van der Waals surface area contributed by atoms with E-state index in [-0.39, 0.29) is 60.9 Å². The van der Waals surface area contributed by atoms with Crippen molar-refractivity contribution < 1.29 is 48.1 Å². The molecule has 1 aliphatic heterocycles. The second-order valence-corrected chi connectivity index (χ2v) is 10.0. The summed E-state index contributed by atoms with van der Waals surface area (Å²) in [6.07, 6.45) is 0. The van der Waals surface area contributed by atoms with Crippen LogP contribution in [0.5, 0.6) is 34.5 Å². The summed E-state index contributed by atoms with van der Waals surface area (Å²) in [6, 6.07) is 18.6. The van der Waals surface area contributed by atoms with Gasteiger partial charge in [-0.1, -0.05) is 55.1 Å². The zero-order chi connectivity index (χ0) is 30.6. The molecule has 0 unspecified atom stereocenters. The first kappa shape index (κ1) is 31.2. The van der Waals surface area contributed by atoms with Gasteiger partial charge in [-0.25, -0.2) is 0 Å². The van der Waals surface area contributed by atoms with Crippen LogP contribution in [0.4, 0.5) is 0 Å². The molecule has 1 aliphatic rings. The van der Waals surface area contributed by atoms with Gasteiger partial charge < -0.3 is 48.1 Å². The molecule has 0 fully saturated rings. The van der Waals surface area contributed by atoms with Crippen LogP contribution in [0, 0.1) is 0 Å². The predicted molar refractivity (Wildman–Crippen MR) is 166 cm³/mol. The van der Waals surface area contributed by atoms with Crippen LogP contribution in [0.25, 0.3) is 21.5 Å². The molecule has 1 heterocycles. The third kappa shape index (κ3) is 8.23. The average molecular weight is 607 g/mol. The van der Waals surface area contributed by atoms with Crippen LogP contribution < -0.4 is 18.9 Å². The van der Waals surface area contributed by atoms with Gasteiger partial charge in [-0.05, 0) is 28.5 Å². The molecule has 0 radical (unpaired) electrons. The highest BCUT2D eigenvalue weighted by molar-refractivity contribution is 5.93. The first-order chi connectivity index (χ1) is 21.6. The van der Waals surface area contributed by atoms with Crippen LogP contribution in [0.2, 0.25) is 0 Å². The Labute approximate surface area is 256 Å². The number of hydrogen-bond donors (Lipinski definition) is 2. The van der Waals surface area contributed by atoms with E-state index in [2.05, 4.69) is 6.58 Å². The monoisotopic (exact) mass is 606 g/mol. The van der Waals surface area contributed by atoms with Crippen molar-refractivity contribution in [2.24, 2.45) is 0 Å². The highest BCUT2D eigenvalue weighted by Gasteiger charge is 2.18. The van der Waals surface area contributed by atoms with Gasteiger partial charge in [0.1, 0.15) is 26.4 Å².